The Labute approximate surface area is 153 Å². The lowest BCUT2D eigenvalue weighted by molar-refractivity contribution is 0.143. The molecule has 0 aliphatic rings. The van der Waals surface area contributed by atoms with Crippen molar-refractivity contribution in [1.29, 1.82) is 0 Å². The summed E-state index contributed by atoms with van der Waals surface area (Å²) in [5.41, 5.74) is 1.22. The van der Waals surface area contributed by atoms with E-state index in [1.54, 1.807) is 7.05 Å². The largest absolute Gasteiger partial charge is 0.382 e. The highest BCUT2D eigenvalue weighted by Crippen LogP contribution is 2.11. The van der Waals surface area contributed by atoms with E-state index in [-0.39, 0.29) is 24.0 Å². The van der Waals surface area contributed by atoms with Crippen molar-refractivity contribution in [2.45, 2.75) is 26.3 Å². The Morgan fingerprint density at radius 3 is 2.76 bits per heavy atom. The monoisotopic (exact) mass is 469 g/mol. The smallest absolute Gasteiger partial charge is 0.191 e. The summed E-state index contributed by atoms with van der Waals surface area (Å²) in [6.45, 7) is 5.32. The molecule has 6 heteroatoms. The Kier molecular flexibility index (Phi) is 13.1. The first-order valence-corrected chi connectivity index (χ1v) is 7.82. The molecule has 0 spiro atoms. The molecular weight excluding hydrogens is 445 g/mol. The zero-order valence-corrected chi connectivity index (χ0v) is 16.6. The lowest BCUT2D eigenvalue weighted by Gasteiger charge is -2.12. The van der Waals surface area contributed by atoms with Crippen molar-refractivity contribution in [2.75, 3.05) is 26.8 Å². The highest BCUT2D eigenvalue weighted by molar-refractivity contribution is 14.0. The summed E-state index contributed by atoms with van der Waals surface area (Å²) in [5.74, 6) is 0.835. The number of aliphatic imine (C=N–C) groups is 1. The van der Waals surface area contributed by atoms with Gasteiger partial charge in [-0.1, -0.05) is 28.1 Å². The maximum absolute atomic E-state index is 5.31. The summed E-state index contributed by atoms with van der Waals surface area (Å²) in [6.07, 6.45) is 2.15. The number of rotatable bonds is 8. The van der Waals surface area contributed by atoms with E-state index in [9.17, 15) is 0 Å². The van der Waals surface area contributed by atoms with Gasteiger partial charge in [-0.25, -0.2) is 0 Å². The molecule has 0 fully saturated rings. The van der Waals surface area contributed by atoms with Gasteiger partial charge in [-0.05, 0) is 37.5 Å². The van der Waals surface area contributed by atoms with Gasteiger partial charge in [0, 0.05) is 37.8 Å². The second-order valence-electron chi connectivity index (χ2n) is 4.39. The summed E-state index contributed by atoms with van der Waals surface area (Å²) < 4.78 is 6.40. The summed E-state index contributed by atoms with van der Waals surface area (Å²) in [4.78, 5) is 4.21. The zero-order valence-electron chi connectivity index (χ0n) is 12.7. The third-order valence-corrected chi connectivity index (χ3v) is 3.28. The van der Waals surface area contributed by atoms with Crippen LogP contribution in [0.4, 0.5) is 0 Å². The molecule has 0 bridgehead atoms. The van der Waals surface area contributed by atoms with Crippen LogP contribution in [0.15, 0.2) is 33.7 Å². The minimum Gasteiger partial charge on any atom is -0.382 e. The first-order valence-electron chi connectivity index (χ1n) is 7.03. The zero-order chi connectivity index (χ0) is 14.6. The number of halogens is 2. The van der Waals surface area contributed by atoms with Crippen LogP contribution in [-0.2, 0) is 11.3 Å². The number of nitrogens with zero attached hydrogens (tertiary/aromatic N) is 1. The van der Waals surface area contributed by atoms with E-state index in [0.29, 0.717) is 0 Å². The molecular formula is C15H25BrIN3O. The van der Waals surface area contributed by atoms with Crippen molar-refractivity contribution in [3.8, 4) is 0 Å². The molecule has 0 saturated heterocycles. The molecule has 0 unspecified atom stereocenters. The number of unbranched alkanes of at least 4 members (excludes halogenated alkanes) is 1. The summed E-state index contributed by atoms with van der Waals surface area (Å²) >= 11 is 3.47. The standard InChI is InChI=1S/C15H24BrN3O.HI/c1-3-20-10-5-4-9-18-15(17-2)19-12-13-7-6-8-14(16)11-13;/h6-8,11H,3-5,9-10,12H2,1-2H3,(H2,17,18,19);1H. The van der Waals surface area contributed by atoms with Gasteiger partial charge in [-0.3, -0.25) is 4.99 Å². The van der Waals surface area contributed by atoms with Gasteiger partial charge in [0.15, 0.2) is 5.96 Å². The van der Waals surface area contributed by atoms with E-state index in [1.807, 2.05) is 19.1 Å². The van der Waals surface area contributed by atoms with E-state index in [1.165, 1.54) is 5.56 Å². The highest BCUT2D eigenvalue weighted by atomic mass is 127. The van der Waals surface area contributed by atoms with Gasteiger partial charge in [0.05, 0.1) is 0 Å². The fourth-order valence-electron chi connectivity index (χ4n) is 1.73. The van der Waals surface area contributed by atoms with Crippen LogP contribution in [-0.4, -0.2) is 32.8 Å². The van der Waals surface area contributed by atoms with Crippen molar-refractivity contribution in [3.05, 3.63) is 34.3 Å². The molecule has 0 aliphatic carbocycles. The predicted octanol–water partition coefficient (Wildman–Crippen LogP) is 3.55. The van der Waals surface area contributed by atoms with E-state index in [0.717, 1.165) is 49.6 Å². The quantitative estimate of drug-likeness (QED) is 0.265. The van der Waals surface area contributed by atoms with Gasteiger partial charge in [0.25, 0.3) is 0 Å². The third-order valence-electron chi connectivity index (χ3n) is 2.78. The van der Waals surface area contributed by atoms with Gasteiger partial charge in [-0.2, -0.15) is 0 Å². The molecule has 4 nitrogen and oxygen atoms in total. The van der Waals surface area contributed by atoms with Gasteiger partial charge in [-0.15, -0.1) is 24.0 Å². The summed E-state index contributed by atoms with van der Waals surface area (Å²) in [6, 6.07) is 8.25. The van der Waals surface area contributed by atoms with Crippen molar-refractivity contribution in [3.63, 3.8) is 0 Å². The average Bonchev–Trinajstić information content (AvgIpc) is 2.46. The average molecular weight is 470 g/mol. The number of benzene rings is 1. The van der Waals surface area contributed by atoms with Gasteiger partial charge >= 0.3 is 0 Å². The Bertz CT molecular complexity index is 416. The lowest BCUT2D eigenvalue weighted by atomic mass is 10.2. The highest BCUT2D eigenvalue weighted by Gasteiger charge is 1.98. The molecule has 0 heterocycles. The minimum atomic E-state index is 0. The fraction of sp³-hybridized carbons (Fsp3) is 0.533. The van der Waals surface area contributed by atoms with Gasteiger partial charge in [0.1, 0.15) is 0 Å². The molecule has 1 aromatic rings. The molecule has 0 aromatic heterocycles. The maximum atomic E-state index is 5.31. The molecule has 21 heavy (non-hydrogen) atoms. The summed E-state index contributed by atoms with van der Waals surface area (Å²) in [5, 5.41) is 6.60. The Morgan fingerprint density at radius 1 is 1.29 bits per heavy atom. The Balaban J connectivity index is 0.00000400. The van der Waals surface area contributed by atoms with Crippen LogP contribution in [0.2, 0.25) is 0 Å². The van der Waals surface area contributed by atoms with Crippen molar-refractivity contribution < 1.29 is 4.74 Å². The molecule has 0 radical (unpaired) electrons. The molecule has 1 rings (SSSR count). The first-order chi connectivity index (χ1) is 9.76. The molecule has 0 atom stereocenters. The van der Waals surface area contributed by atoms with Crippen LogP contribution < -0.4 is 10.6 Å². The topological polar surface area (TPSA) is 45.6 Å². The molecule has 0 aliphatic heterocycles. The number of hydrogen-bond donors (Lipinski definition) is 2. The fourth-order valence-corrected chi connectivity index (χ4v) is 2.18. The van der Waals surface area contributed by atoms with Gasteiger partial charge < -0.3 is 15.4 Å². The molecule has 2 N–H and O–H groups in total. The van der Waals surface area contributed by atoms with Crippen molar-refractivity contribution in [1.82, 2.24) is 10.6 Å². The van der Waals surface area contributed by atoms with Crippen LogP contribution in [0, 0.1) is 0 Å². The third kappa shape index (κ3) is 10.1. The number of nitrogens with one attached hydrogen (secondary N) is 2. The van der Waals surface area contributed by atoms with Crippen LogP contribution in [0.25, 0.3) is 0 Å². The van der Waals surface area contributed by atoms with Gasteiger partial charge in [0.2, 0.25) is 0 Å². The van der Waals surface area contributed by atoms with E-state index in [2.05, 4.69) is 43.7 Å². The number of hydrogen-bond acceptors (Lipinski definition) is 2. The van der Waals surface area contributed by atoms with Crippen molar-refractivity contribution in [2.24, 2.45) is 4.99 Å². The maximum Gasteiger partial charge on any atom is 0.191 e. The second-order valence-corrected chi connectivity index (χ2v) is 5.30. The predicted molar refractivity (Wildman–Crippen MR) is 103 cm³/mol. The van der Waals surface area contributed by atoms with E-state index >= 15 is 0 Å². The Morgan fingerprint density at radius 2 is 2.10 bits per heavy atom. The normalized spacial score (nSPS) is 10.9. The second kappa shape index (κ2) is 13.3. The van der Waals surface area contributed by atoms with E-state index < -0.39 is 0 Å². The van der Waals surface area contributed by atoms with Crippen LogP contribution in [0.5, 0.6) is 0 Å². The van der Waals surface area contributed by atoms with Crippen LogP contribution >= 0.6 is 39.9 Å². The first kappa shape index (κ1) is 20.7. The van der Waals surface area contributed by atoms with Crippen LogP contribution in [0.1, 0.15) is 25.3 Å². The Hall–Kier alpha value is -0.340. The number of ether oxygens (including phenoxy) is 1. The molecule has 0 saturated carbocycles. The minimum absolute atomic E-state index is 0. The van der Waals surface area contributed by atoms with Crippen molar-refractivity contribution >= 4 is 45.9 Å². The summed E-state index contributed by atoms with van der Waals surface area (Å²) in [7, 11) is 1.79. The molecule has 1 aromatic carbocycles. The molecule has 0 amide bonds. The van der Waals surface area contributed by atoms with Crippen LogP contribution in [0.3, 0.4) is 0 Å². The molecule has 120 valence electrons. The lowest BCUT2D eigenvalue weighted by Crippen LogP contribution is -2.37. The SMILES string of the molecule is CCOCCCCNC(=NC)NCc1cccc(Br)c1.I. The number of guanidine groups is 1. The van der Waals surface area contributed by atoms with E-state index in [4.69, 9.17) is 4.74 Å².